The molecule has 0 amide bonds. The minimum Gasteiger partial charge on any atom is -0.373 e. The Balaban J connectivity index is 1.53. The van der Waals surface area contributed by atoms with Crippen molar-refractivity contribution in [3.05, 3.63) is 69.8 Å². The predicted molar refractivity (Wildman–Crippen MR) is 117 cm³/mol. The average Bonchev–Trinajstić information content (AvgIpc) is 3.40. The fraction of sp³-hybridized carbons (Fsp3) is 0.481. The maximum Gasteiger partial charge on any atom is 0.154 e. The topological polar surface area (TPSA) is 43.4 Å². The molecule has 30 heavy (non-hydrogen) atoms. The molecule has 1 aliphatic carbocycles. The van der Waals surface area contributed by atoms with Crippen LogP contribution >= 0.6 is 0 Å². The zero-order valence-corrected chi connectivity index (χ0v) is 18.3. The summed E-state index contributed by atoms with van der Waals surface area (Å²) in [4.78, 5) is 27.3. The van der Waals surface area contributed by atoms with E-state index >= 15 is 0 Å². The van der Waals surface area contributed by atoms with E-state index in [-0.39, 0.29) is 41.5 Å². The first-order valence-electron chi connectivity index (χ1n) is 11.4. The summed E-state index contributed by atoms with van der Waals surface area (Å²) in [6.07, 6.45) is 2.24. The van der Waals surface area contributed by atoms with Crippen molar-refractivity contribution in [2.45, 2.75) is 71.0 Å². The molecular formula is C27H30O3. The monoisotopic (exact) mass is 402 g/mol. The van der Waals surface area contributed by atoms with Gasteiger partial charge in [0.2, 0.25) is 0 Å². The molecule has 3 fully saturated rings. The van der Waals surface area contributed by atoms with Crippen molar-refractivity contribution in [1.29, 1.82) is 0 Å². The molecule has 0 N–H and O–H groups in total. The second-order valence-electron chi connectivity index (χ2n) is 9.39. The van der Waals surface area contributed by atoms with E-state index in [0.717, 1.165) is 36.0 Å². The molecule has 2 aromatic carbocycles. The summed E-state index contributed by atoms with van der Waals surface area (Å²) >= 11 is 0. The number of benzene rings is 2. The number of ketones is 2. The molecule has 2 aromatic rings. The van der Waals surface area contributed by atoms with Crippen LogP contribution in [0, 0.1) is 25.7 Å². The van der Waals surface area contributed by atoms with Crippen LogP contribution in [0.25, 0.3) is 0 Å². The summed E-state index contributed by atoms with van der Waals surface area (Å²) in [5, 5.41) is 0. The molecule has 0 aromatic heterocycles. The van der Waals surface area contributed by atoms with Crippen molar-refractivity contribution in [3.8, 4) is 0 Å². The van der Waals surface area contributed by atoms with Crippen molar-refractivity contribution in [2.75, 3.05) is 0 Å². The quantitative estimate of drug-likeness (QED) is 0.687. The van der Waals surface area contributed by atoms with Crippen LogP contribution in [0.3, 0.4) is 0 Å². The maximum absolute atomic E-state index is 13.7. The Hall–Kier alpha value is -2.26. The van der Waals surface area contributed by atoms with Crippen LogP contribution < -0.4 is 0 Å². The molecule has 2 bridgehead atoms. The van der Waals surface area contributed by atoms with Crippen molar-refractivity contribution in [2.24, 2.45) is 11.8 Å². The normalized spacial score (nSPS) is 32.1. The predicted octanol–water partition coefficient (Wildman–Crippen LogP) is 4.85. The summed E-state index contributed by atoms with van der Waals surface area (Å²) in [5.41, 5.74) is 6.97. The lowest BCUT2D eigenvalue weighted by atomic mass is 9.73. The van der Waals surface area contributed by atoms with Gasteiger partial charge in [0.15, 0.2) is 11.6 Å². The molecule has 2 aliphatic heterocycles. The van der Waals surface area contributed by atoms with Crippen molar-refractivity contribution in [3.63, 3.8) is 0 Å². The third-order valence-electron chi connectivity index (χ3n) is 7.63. The SMILES string of the molecule is CCc1cc(C)cc(CC)c1C1C(=O)[C@@H]2[C@@H]3O[C@@H](C[C@H]3c3ccc(C)cc3)[C@@H]2C1=O. The van der Waals surface area contributed by atoms with Gasteiger partial charge in [-0.1, -0.05) is 61.4 Å². The van der Waals surface area contributed by atoms with Gasteiger partial charge in [-0.25, -0.2) is 0 Å². The third-order valence-corrected chi connectivity index (χ3v) is 7.63. The van der Waals surface area contributed by atoms with Gasteiger partial charge in [0.1, 0.15) is 5.92 Å². The first kappa shape index (κ1) is 19.7. The average molecular weight is 403 g/mol. The largest absolute Gasteiger partial charge is 0.373 e. The highest BCUT2D eigenvalue weighted by Crippen LogP contribution is 2.57. The summed E-state index contributed by atoms with van der Waals surface area (Å²) < 4.78 is 6.25. The van der Waals surface area contributed by atoms with Crippen LogP contribution in [-0.4, -0.2) is 23.8 Å². The molecular weight excluding hydrogens is 372 g/mol. The highest BCUT2D eigenvalue weighted by molar-refractivity contribution is 6.17. The Morgan fingerprint density at radius 1 is 0.867 bits per heavy atom. The number of Topliss-reactive ketones (excluding diaryl/α,β-unsaturated/α-hetero) is 2. The van der Waals surface area contributed by atoms with Gasteiger partial charge in [-0.2, -0.15) is 0 Å². The first-order valence-corrected chi connectivity index (χ1v) is 11.4. The Morgan fingerprint density at radius 2 is 1.47 bits per heavy atom. The van der Waals surface area contributed by atoms with Crippen LogP contribution in [-0.2, 0) is 27.2 Å². The fourth-order valence-corrected chi connectivity index (χ4v) is 6.30. The molecule has 3 heteroatoms. The van der Waals surface area contributed by atoms with Gasteiger partial charge in [0.05, 0.1) is 24.0 Å². The van der Waals surface area contributed by atoms with E-state index in [1.54, 1.807) is 0 Å². The molecule has 6 atom stereocenters. The molecule has 0 radical (unpaired) electrons. The van der Waals surface area contributed by atoms with E-state index < -0.39 is 5.92 Å². The number of rotatable bonds is 4. The molecule has 156 valence electrons. The molecule has 1 unspecified atom stereocenters. The molecule has 2 saturated heterocycles. The van der Waals surface area contributed by atoms with E-state index in [2.05, 4.69) is 64.1 Å². The van der Waals surface area contributed by atoms with Crippen LogP contribution in [0.1, 0.15) is 65.5 Å². The zero-order chi connectivity index (χ0) is 21.2. The number of ether oxygens (including phenoxy) is 1. The van der Waals surface area contributed by atoms with Gasteiger partial charge in [-0.05, 0) is 55.4 Å². The van der Waals surface area contributed by atoms with Crippen molar-refractivity contribution < 1.29 is 14.3 Å². The van der Waals surface area contributed by atoms with Crippen LogP contribution in [0.2, 0.25) is 0 Å². The van der Waals surface area contributed by atoms with E-state index in [4.69, 9.17) is 4.74 Å². The van der Waals surface area contributed by atoms with Crippen LogP contribution in [0.5, 0.6) is 0 Å². The number of fused-ring (bicyclic) bond motifs is 5. The third kappa shape index (κ3) is 2.75. The molecule has 2 heterocycles. The van der Waals surface area contributed by atoms with Gasteiger partial charge >= 0.3 is 0 Å². The molecule has 3 aliphatic rings. The Morgan fingerprint density at radius 3 is 2.07 bits per heavy atom. The maximum atomic E-state index is 13.7. The lowest BCUT2D eigenvalue weighted by Crippen LogP contribution is -2.34. The Bertz CT molecular complexity index is 994. The van der Waals surface area contributed by atoms with Crippen LogP contribution in [0.15, 0.2) is 36.4 Å². The van der Waals surface area contributed by atoms with Crippen molar-refractivity contribution in [1.82, 2.24) is 0 Å². The zero-order valence-electron chi connectivity index (χ0n) is 18.3. The number of hydrogen-bond acceptors (Lipinski definition) is 3. The number of hydrogen-bond donors (Lipinski definition) is 0. The Kier molecular flexibility index (Phi) is 4.70. The number of aryl methyl sites for hydroxylation is 4. The molecule has 1 saturated carbocycles. The lowest BCUT2D eigenvalue weighted by Gasteiger charge is -2.26. The second-order valence-corrected chi connectivity index (χ2v) is 9.39. The van der Waals surface area contributed by atoms with Gasteiger partial charge in [-0.15, -0.1) is 0 Å². The minimum atomic E-state index is -0.601. The lowest BCUT2D eigenvalue weighted by molar-refractivity contribution is -0.127. The van der Waals surface area contributed by atoms with Crippen LogP contribution in [0.4, 0.5) is 0 Å². The standard InChI is InChI=1S/C27H30O3/c1-5-16-11-15(4)12-17(6-2)21(16)23-25(28)22-20-13-19(18-9-7-14(3)8-10-18)27(30-20)24(22)26(23)29/h7-12,19-20,22-24,27H,5-6,13H2,1-4H3/t19-,20-,22-,23?,24+,27+/m0/s1. The van der Waals surface area contributed by atoms with E-state index in [9.17, 15) is 9.59 Å². The molecule has 0 spiro atoms. The smallest absolute Gasteiger partial charge is 0.154 e. The van der Waals surface area contributed by atoms with Gasteiger partial charge in [0, 0.05) is 5.92 Å². The summed E-state index contributed by atoms with van der Waals surface area (Å²) in [6.45, 7) is 8.40. The second kappa shape index (κ2) is 7.16. The number of carbonyl (C=O) groups excluding carboxylic acids is 2. The molecule has 5 rings (SSSR count). The highest BCUT2D eigenvalue weighted by Gasteiger charge is 2.66. The number of carbonyl (C=O) groups is 2. The summed E-state index contributed by atoms with van der Waals surface area (Å²) in [6, 6.07) is 12.9. The summed E-state index contributed by atoms with van der Waals surface area (Å²) in [7, 11) is 0. The fourth-order valence-electron chi connectivity index (χ4n) is 6.30. The minimum absolute atomic E-state index is 0.0996. The van der Waals surface area contributed by atoms with E-state index in [1.165, 1.54) is 16.7 Å². The van der Waals surface area contributed by atoms with Gasteiger partial charge < -0.3 is 4.74 Å². The van der Waals surface area contributed by atoms with Gasteiger partial charge in [-0.3, -0.25) is 9.59 Å². The first-order chi connectivity index (χ1) is 14.4. The highest BCUT2D eigenvalue weighted by atomic mass is 16.5. The van der Waals surface area contributed by atoms with E-state index in [0.29, 0.717) is 0 Å². The van der Waals surface area contributed by atoms with Gasteiger partial charge in [0.25, 0.3) is 0 Å². The summed E-state index contributed by atoms with van der Waals surface area (Å²) in [5.74, 6) is -0.735. The Labute approximate surface area is 178 Å². The molecule has 3 nitrogen and oxygen atoms in total. The van der Waals surface area contributed by atoms with Crippen molar-refractivity contribution >= 4 is 11.6 Å². The van der Waals surface area contributed by atoms with E-state index in [1.807, 2.05) is 0 Å².